The van der Waals surface area contributed by atoms with Crippen molar-refractivity contribution in [1.29, 1.82) is 0 Å². The first-order valence-corrected chi connectivity index (χ1v) is 11.9. The van der Waals surface area contributed by atoms with Gasteiger partial charge in [0.15, 0.2) is 5.13 Å². The summed E-state index contributed by atoms with van der Waals surface area (Å²) in [5, 5.41) is 12.2. The molecule has 0 saturated carbocycles. The third kappa shape index (κ3) is 3.84. The Kier molecular flexibility index (Phi) is 5.78. The van der Waals surface area contributed by atoms with Crippen molar-refractivity contribution in [3.63, 3.8) is 0 Å². The quantitative estimate of drug-likeness (QED) is 0.220. The number of amides is 1. The number of aliphatic hydroxyl groups excluding tert-OH is 1. The van der Waals surface area contributed by atoms with Crippen molar-refractivity contribution < 1.29 is 19.4 Å². The predicted molar refractivity (Wildman–Crippen MR) is 136 cm³/mol. The van der Waals surface area contributed by atoms with Gasteiger partial charge in [-0.15, -0.1) is 0 Å². The summed E-state index contributed by atoms with van der Waals surface area (Å²) < 4.78 is 6.08. The second kappa shape index (κ2) is 8.79. The Morgan fingerprint density at radius 2 is 1.91 bits per heavy atom. The zero-order valence-corrected chi connectivity index (χ0v) is 20.6. The minimum Gasteiger partial charge on any atom is -0.507 e. The number of Topliss-reactive ketones (excluding diaryl/α,β-unsaturated/α-hetero) is 1. The third-order valence-corrected chi connectivity index (χ3v) is 7.39. The molecule has 5 rings (SSSR count). The first-order valence-electron chi connectivity index (χ1n) is 10.7. The molecular formula is C26H20ClN3O4S. The highest BCUT2D eigenvalue weighted by molar-refractivity contribution is 7.22. The van der Waals surface area contributed by atoms with Crippen LogP contribution in [-0.4, -0.2) is 33.9 Å². The van der Waals surface area contributed by atoms with Gasteiger partial charge in [-0.1, -0.05) is 29.0 Å². The molecule has 1 unspecified atom stereocenters. The Hall–Kier alpha value is -3.75. The molecule has 1 aliphatic rings. The fourth-order valence-electron chi connectivity index (χ4n) is 4.16. The van der Waals surface area contributed by atoms with Crippen LogP contribution in [0.5, 0.6) is 5.75 Å². The summed E-state index contributed by atoms with van der Waals surface area (Å²) in [5.74, 6) is -1.25. The van der Waals surface area contributed by atoms with E-state index in [0.717, 1.165) is 10.3 Å². The van der Waals surface area contributed by atoms with Crippen LogP contribution in [0, 0.1) is 13.8 Å². The summed E-state index contributed by atoms with van der Waals surface area (Å²) in [6.45, 7) is 3.68. The maximum absolute atomic E-state index is 13.4. The molecule has 0 bridgehead atoms. The Balaban J connectivity index is 1.72. The lowest BCUT2D eigenvalue weighted by Gasteiger charge is -2.22. The number of ether oxygens (including phenoxy) is 1. The third-order valence-electron chi connectivity index (χ3n) is 5.96. The molecule has 1 amide bonds. The van der Waals surface area contributed by atoms with E-state index in [9.17, 15) is 14.7 Å². The van der Waals surface area contributed by atoms with Gasteiger partial charge >= 0.3 is 5.91 Å². The van der Waals surface area contributed by atoms with Gasteiger partial charge in [-0.05, 0) is 67.4 Å². The number of nitrogens with zero attached hydrogens (tertiary/aromatic N) is 3. The van der Waals surface area contributed by atoms with Crippen LogP contribution in [-0.2, 0) is 9.59 Å². The monoisotopic (exact) mass is 505 g/mol. The molecule has 1 N–H and O–H groups in total. The maximum atomic E-state index is 13.4. The van der Waals surface area contributed by atoms with Gasteiger partial charge in [0, 0.05) is 16.8 Å². The van der Waals surface area contributed by atoms with Crippen molar-refractivity contribution in [1.82, 2.24) is 9.97 Å². The lowest BCUT2D eigenvalue weighted by molar-refractivity contribution is -0.132. The highest BCUT2D eigenvalue weighted by Crippen LogP contribution is 2.44. The van der Waals surface area contributed by atoms with E-state index in [-0.39, 0.29) is 11.3 Å². The lowest BCUT2D eigenvalue weighted by Crippen LogP contribution is -2.29. The van der Waals surface area contributed by atoms with E-state index in [1.807, 2.05) is 13.0 Å². The molecule has 176 valence electrons. The van der Waals surface area contributed by atoms with Crippen LogP contribution in [0.2, 0.25) is 5.02 Å². The van der Waals surface area contributed by atoms with Crippen LogP contribution < -0.4 is 9.64 Å². The average Bonchev–Trinajstić information content (AvgIpc) is 3.36. The number of thiazole rings is 1. The number of anilines is 1. The largest absolute Gasteiger partial charge is 0.507 e. The van der Waals surface area contributed by atoms with Crippen LogP contribution >= 0.6 is 22.9 Å². The fourth-order valence-corrected chi connectivity index (χ4v) is 5.39. The number of carbonyl (C=O) groups excluding carboxylic acids is 2. The van der Waals surface area contributed by atoms with Crippen LogP contribution in [0.3, 0.4) is 0 Å². The zero-order valence-electron chi connectivity index (χ0n) is 19.1. The van der Waals surface area contributed by atoms with E-state index >= 15 is 0 Å². The van der Waals surface area contributed by atoms with Gasteiger partial charge in [-0.2, -0.15) is 0 Å². The molecule has 1 fully saturated rings. The van der Waals surface area contributed by atoms with Crippen molar-refractivity contribution in [2.45, 2.75) is 19.9 Å². The Labute approximate surface area is 210 Å². The number of aryl methyl sites for hydroxylation is 2. The van der Waals surface area contributed by atoms with E-state index in [1.165, 1.54) is 16.2 Å². The van der Waals surface area contributed by atoms with Crippen LogP contribution in [0.4, 0.5) is 5.13 Å². The van der Waals surface area contributed by atoms with Gasteiger partial charge in [-0.25, -0.2) is 4.98 Å². The Morgan fingerprint density at radius 1 is 1.11 bits per heavy atom. The van der Waals surface area contributed by atoms with E-state index in [1.54, 1.807) is 62.7 Å². The average molecular weight is 506 g/mol. The van der Waals surface area contributed by atoms with E-state index in [0.29, 0.717) is 38.2 Å². The minimum absolute atomic E-state index is 0.0459. The first kappa shape index (κ1) is 23.0. The molecule has 1 aliphatic heterocycles. The van der Waals surface area contributed by atoms with Gasteiger partial charge < -0.3 is 9.84 Å². The molecule has 9 heteroatoms. The number of aromatic nitrogens is 2. The number of hydrogen-bond acceptors (Lipinski definition) is 7. The number of methoxy groups -OCH3 is 1. The normalized spacial score (nSPS) is 17.4. The van der Waals surface area contributed by atoms with Gasteiger partial charge in [0.2, 0.25) is 0 Å². The number of pyridine rings is 1. The molecule has 0 spiro atoms. The summed E-state index contributed by atoms with van der Waals surface area (Å²) in [6, 6.07) is 13.0. The fraction of sp³-hybridized carbons (Fsp3) is 0.154. The Morgan fingerprint density at radius 3 is 2.60 bits per heavy atom. The van der Waals surface area contributed by atoms with Crippen molar-refractivity contribution in [2.24, 2.45) is 0 Å². The van der Waals surface area contributed by atoms with Gasteiger partial charge in [0.1, 0.15) is 17.6 Å². The molecule has 0 aliphatic carbocycles. The zero-order chi connectivity index (χ0) is 24.9. The predicted octanol–water partition coefficient (Wildman–Crippen LogP) is 5.60. The van der Waals surface area contributed by atoms with Crippen LogP contribution in [0.25, 0.3) is 16.0 Å². The summed E-state index contributed by atoms with van der Waals surface area (Å²) in [6.07, 6.45) is 1.58. The lowest BCUT2D eigenvalue weighted by atomic mass is 9.96. The van der Waals surface area contributed by atoms with Crippen molar-refractivity contribution in [3.8, 4) is 5.75 Å². The van der Waals surface area contributed by atoms with Gasteiger partial charge in [0.25, 0.3) is 5.78 Å². The number of ketones is 1. The topological polar surface area (TPSA) is 92.6 Å². The Bertz CT molecular complexity index is 1490. The van der Waals surface area contributed by atoms with E-state index < -0.39 is 17.7 Å². The minimum atomic E-state index is -0.949. The first-order chi connectivity index (χ1) is 16.8. The van der Waals surface area contributed by atoms with Crippen molar-refractivity contribution in [2.75, 3.05) is 12.0 Å². The summed E-state index contributed by atoms with van der Waals surface area (Å²) >= 11 is 7.55. The van der Waals surface area contributed by atoms with Crippen molar-refractivity contribution in [3.05, 3.63) is 87.7 Å². The van der Waals surface area contributed by atoms with Crippen LogP contribution in [0.1, 0.15) is 28.4 Å². The standard InChI is InChI=1S/C26H20ClN3O4S/c1-13-10-15(34-3)7-8-16(13)23(31)21-22(18-6-4-5-9-28-18)30(25(33)24(21)32)26-29-19-12-17(27)14(2)11-20(19)35-26/h4-12,22,31H,1-3H3/b23-21+. The number of aliphatic hydroxyl groups is 1. The second-order valence-electron chi connectivity index (χ2n) is 8.17. The SMILES string of the molecule is COc1ccc(/C(O)=C2\C(=O)C(=O)N(c3nc4cc(Cl)c(C)cc4s3)C2c2ccccn2)c(C)c1. The number of carbonyl (C=O) groups is 2. The number of halogens is 1. The molecule has 4 aromatic rings. The van der Waals surface area contributed by atoms with Gasteiger partial charge in [-0.3, -0.25) is 19.5 Å². The summed E-state index contributed by atoms with van der Waals surface area (Å²) in [5.41, 5.74) is 3.01. The smallest absolute Gasteiger partial charge is 0.301 e. The van der Waals surface area contributed by atoms with E-state index in [4.69, 9.17) is 16.3 Å². The molecule has 1 saturated heterocycles. The van der Waals surface area contributed by atoms with Gasteiger partial charge in [0.05, 0.1) is 28.6 Å². The molecular weight excluding hydrogens is 486 g/mol. The maximum Gasteiger partial charge on any atom is 0.301 e. The summed E-state index contributed by atoms with van der Waals surface area (Å²) in [7, 11) is 1.55. The second-order valence-corrected chi connectivity index (χ2v) is 9.59. The molecule has 7 nitrogen and oxygen atoms in total. The number of benzene rings is 2. The molecule has 2 aromatic heterocycles. The molecule has 2 aromatic carbocycles. The molecule has 0 radical (unpaired) electrons. The molecule has 35 heavy (non-hydrogen) atoms. The number of fused-ring (bicyclic) bond motifs is 1. The number of rotatable bonds is 4. The molecule has 1 atom stereocenters. The highest BCUT2D eigenvalue weighted by atomic mass is 35.5. The number of hydrogen-bond donors (Lipinski definition) is 1. The van der Waals surface area contributed by atoms with E-state index in [2.05, 4.69) is 9.97 Å². The van der Waals surface area contributed by atoms with Crippen LogP contribution in [0.15, 0.2) is 60.3 Å². The summed E-state index contributed by atoms with van der Waals surface area (Å²) in [4.78, 5) is 37.0. The van der Waals surface area contributed by atoms with Crippen molar-refractivity contribution >= 4 is 55.7 Å². The highest BCUT2D eigenvalue weighted by Gasteiger charge is 2.49. The molecule has 3 heterocycles.